The van der Waals surface area contributed by atoms with Gasteiger partial charge in [-0.2, -0.15) is 18.3 Å². The summed E-state index contributed by atoms with van der Waals surface area (Å²) in [6, 6.07) is 15.7. The zero-order valence-electron chi connectivity index (χ0n) is 31.4. The molecule has 1 saturated heterocycles. The summed E-state index contributed by atoms with van der Waals surface area (Å²) in [5.41, 5.74) is 10.9. The van der Waals surface area contributed by atoms with Crippen molar-refractivity contribution in [3.05, 3.63) is 111 Å². The van der Waals surface area contributed by atoms with Crippen molar-refractivity contribution in [1.82, 2.24) is 19.6 Å². The number of carbonyl (C=O) groups is 2. The van der Waals surface area contributed by atoms with Gasteiger partial charge in [0.25, 0.3) is 11.8 Å². The van der Waals surface area contributed by atoms with Crippen molar-refractivity contribution in [2.45, 2.75) is 19.6 Å². The van der Waals surface area contributed by atoms with E-state index in [1.54, 1.807) is 54.2 Å². The van der Waals surface area contributed by atoms with Gasteiger partial charge in [0.15, 0.2) is 0 Å². The number of alkyl halides is 3. The highest BCUT2D eigenvalue weighted by Crippen LogP contribution is 2.34. The highest BCUT2D eigenvalue weighted by molar-refractivity contribution is 6.07. The smallest absolute Gasteiger partial charge is 0.379 e. The second-order valence-electron chi connectivity index (χ2n) is 13.2. The molecule has 17 heteroatoms. The van der Waals surface area contributed by atoms with Crippen LogP contribution < -0.4 is 10.6 Å². The summed E-state index contributed by atoms with van der Waals surface area (Å²) in [5, 5.41) is 13.1. The topological polar surface area (TPSA) is 159 Å². The minimum atomic E-state index is -4.66. The highest BCUT2D eigenvalue weighted by Gasteiger charge is 2.35. The quantitative estimate of drug-likeness (QED) is 0.0480. The Kier molecular flexibility index (Phi) is 15.4. The number of anilines is 2. The van der Waals surface area contributed by atoms with E-state index in [0.29, 0.717) is 89.3 Å². The average molecular weight is 778 g/mol. The van der Waals surface area contributed by atoms with Crippen molar-refractivity contribution in [1.29, 1.82) is 0 Å². The number of ether oxygens (including phenoxy) is 3. The fourth-order valence-corrected chi connectivity index (χ4v) is 6.06. The van der Waals surface area contributed by atoms with Crippen LogP contribution in [0.3, 0.4) is 0 Å². The summed E-state index contributed by atoms with van der Waals surface area (Å²) < 4.78 is 61.0. The van der Waals surface area contributed by atoms with Gasteiger partial charge in [0.05, 0.1) is 51.4 Å². The molecule has 1 aliphatic heterocycles. The van der Waals surface area contributed by atoms with Gasteiger partial charge in [0, 0.05) is 92.0 Å². The minimum absolute atomic E-state index is 0.0971. The van der Waals surface area contributed by atoms with Gasteiger partial charge >= 0.3 is 6.18 Å². The van der Waals surface area contributed by atoms with Crippen molar-refractivity contribution in [2.24, 2.45) is 12.2 Å². The first kappa shape index (κ1) is 41.9. The van der Waals surface area contributed by atoms with E-state index in [0.717, 1.165) is 22.8 Å². The molecule has 14 nitrogen and oxygen atoms in total. The number of hydrogen-bond acceptors (Lipinski definition) is 9. The van der Waals surface area contributed by atoms with E-state index in [2.05, 4.69) is 30.7 Å². The third-order valence-electron chi connectivity index (χ3n) is 9.14. The van der Waals surface area contributed by atoms with Gasteiger partial charge < -0.3 is 24.8 Å². The van der Waals surface area contributed by atoms with Crippen LogP contribution in [-0.2, 0) is 34.0 Å². The molecule has 0 spiro atoms. The number of aryl methyl sites for hydroxylation is 2. The molecular formula is C39H46F3N9O5. The van der Waals surface area contributed by atoms with E-state index in [-0.39, 0.29) is 30.1 Å². The van der Waals surface area contributed by atoms with E-state index < -0.39 is 17.6 Å². The van der Waals surface area contributed by atoms with Gasteiger partial charge in [-0.3, -0.25) is 24.1 Å². The number of amides is 2. The molecule has 2 amide bonds. The summed E-state index contributed by atoms with van der Waals surface area (Å²) in [4.78, 5) is 33.3. The van der Waals surface area contributed by atoms with Crippen LogP contribution in [0, 0.1) is 6.92 Å². The molecule has 1 aromatic heterocycles. The molecule has 0 saturated carbocycles. The minimum Gasteiger partial charge on any atom is -0.379 e. The lowest BCUT2D eigenvalue weighted by molar-refractivity contribution is -0.138. The molecule has 298 valence electrons. The Labute approximate surface area is 323 Å². The normalized spacial score (nSPS) is 13.7. The van der Waals surface area contributed by atoms with Gasteiger partial charge in [0.2, 0.25) is 0 Å². The third kappa shape index (κ3) is 12.6. The van der Waals surface area contributed by atoms with Crippen molar-refractivity contribution < 1.29 is 37.0 Å². The second kappa shape index (κ2) is 20.6. The Bertz CT molecular complexity index is 1980. The van der Waals surface area contributed by atoms with Crippen molar-refractivity contribution in [2.75, 3.05) is 89.5 Å². The van der Waals surface area contributed by atoms with Gasteiger partial charge in [-0.1, -0.05) is 29.4 Å². The monoisotopic (exact) mass is 777 g/mol. The second-order valence-corrected chi connectivity index (χ2v) is 13.2. The Morgan fingerprint density at radius 1 is 0.839 bits per heavy atom. The van der Waals surface area contributed by atoms with Crippen LogP contribution in [0.15, 0.2) is 78.2 Å². The molecule has 0 radical (unpaired) electrons. The van der Waals surface area contributed by atoms with Crippen LogP contribution in [0.25, 0.3) is 21.6 Å². The summed E-state index contributed by atoms with van der Waals surface area (Å²) >= 11 is 0. The third-order valence-corrected chi connectivity index (χ3v) is 9.14. The molecule has 5 rings (SSSR count). The number of hydrogen-bond donors (Lipinski definition) is 2. The Morgan fingerprint density at radius 2 is 1.52 bits per heavy atom. The first-order valence-electron chi connectivity index (χ1n) is 18.2. The van der Waals surface area contributed by atoms with Crippen LogP contribution in [0.2, 0.25) is 0 Å². The molecule has 0 bridgehead atoms. The van der Waals surface area contributed by atoms with Gasteiger partial charge in [-0.15, -0.1) is 0 Å². The van der Waals surface area contributed by atoms with E-state index in [9.17, 15) is 22.8 Å². The van der Waals surface area contributed by atoms with Crippen LogP contribution in [0.1, 0.15) is 37.4 Å². The number of halogens is 3. The summed E-state index contributed by atoms with van der Waals surface area (Å²) in [5.74, 6) is -1.07. The van der Waals surface area contributed by atoms with E-state index in [4.69, 9.17) is 19.7 Å². The van der Waals surface area contributed by atoms with Crippen molar-refractivity contribution in [3.8, 4) is 11.1 Å². The van der Waals surface area contributed by atoms with Gasteiger partial charge in [-0.05, 0) is 65.5 Å². The lowest BCUT2D eigenvalue weighted by Gasteiger charge is -2.35. The van der Waals surface area contributed by atoms with Crippen LogP contribution in [0.5, 0.6) is 0 Å². The number of piperazine rings is 1. The summed E-state index contributed by atoms with van der Waals surface area (Å²) in [6.07, 6.45) is -1.11. The molecule has 1 aliphatic rings. The summed E-state index contributed by atoms with van der Waals surface area (Å²) in [6.45, 7) is 7.95. The Hall–Kier alpha value is -5.29. The molecule has 3 aromatic carbocycles. The van der Waals surface area contributed by atoms with Crippen LogP contribution in [-0.4, -0.2) is 110 Å². The highest BCUT2D eigenvalue weighted by atomic mass is 19.4. The predicted octanol–water partition coefficient (Wildman–Crippen LogP) is 6.40. The van der Waals surface area contributed by atoms with Crippen molar-refractivity contribution in [3.63, 3.8) is 0 Å². The molecule has 2 N–H and O–H groups in total. The number of aromatic nitrogens is 2. The van der Waals surface area contributed by atoms with E-state index in [1.165, 1.54) is 12.1 Å². The number of carbonyl (C=O) groups excluding carboxylic acids is 2. The zero-order chi connectivity index (χ0) is 39.9. The maximum Gasteiger partial charge on any atom is 0.416 e. The molecule has 2 heterocycles. The number of rotatable bonds is 19. The number of nitrogens with one attached hydrogen (secondary N) is 2. The fraction of sp³-hybridized carbons (Fsp3) is 0.410. The number of benzene rings is 3. The molecular weight excluding hydrogens is 731 g/mol. The molecule has 1 fully saturated rings. The first-order valence-corrected chi connectivity index (χ1v) is 18.2. The Balaban J connectivity index is 1.09. The lowest BCUT2D eigenvalue weighted by atomic mass is 10.0. The van der Waals surface area contributed by atoms with Crippen molar-refractivity contribution >= 4 is 23.2 Å². The van der Waals surface area contributed by atoms with E-state index >= 15 is 0 Å². The molecule has 56 heavy (non-hydrogen) atoms. The molecule has 0 unspecified atom stereocenters. The zero-order valence-corrected chi connectivity index (χ0v) is 31.4. The fourth-order valence-electron chi connectivity index (χ4n) is 6.06. The first-order chi connectivity index (χ1) is 27.0. The van der Waals surface area contributed by atoms with Crippen LogP contribution in [0.4, 0.5) is 24.5 Å². The molecule has 4 aromatic rings. The molecule has 0 atom stereocenters. The number of nitrogens with zero attached hydrogens (tertiary/aromatic N) is 7. The standard InChI is InChI=1S/C39H46F3N9O5/c1-28-6-9-34(24-36(28)47-38(53)30-5-3-4-29(22-30)33-25-45-49(2)26-33)46-37(52)31-7-8-32(35(23-31)39(40,41)42)27-51-13-11-50(12-14-51)15-17-55-19-21-56-20-18-54-16-10-44-48-43/h3-9,22-26H,10-21,27H2,1-2H3,(H,46,52)(H,47,53). The van der Waals surface area contributed by atoms with Crippen LogP contribution >= 0.6 is 0 Å². The maximum absolute atomic E-state index is 14.3. The Morgan fingerprint density at radius 3 is 2.21 bits per heavy atom. The maximum atomic E-state index is 14.3. The largest absolute Gasteiger partial charge is 0.416 e. The van der Waals surface area contributed by atoms with E-state index in [1.807, 2.05) is 24.2 Å². The SMILES string of the molecule is Cc1ccc(NC(=O)c2ccc(CN3CCN(CCOCCOCCOCCN=[N+]=[N-])CC3)c(C(F)(F)F)c2)cc1NC(=O)c1cccc(-c2cnn(C)c2)c1. The predicted molar refractivity (Wildman–Crippen MR) is 205 cm³/mol. The summed E-state index contributed by atoms with van der Waals surface area (Å²) in [7, 11) is 1.81. The average Bonchev–Trinajstić information content (AvgIpc) is 3.63. The van der Waals surface area contributed by atoms with Gasteiger partial charge in [0.1, 0.15) is 0 Å². The lowest BCUT2D eigenvalue weighted by Crippen LogP contribution is -2.47. The van der Waals surface area contributed by atoms with Gasteiger partial charge in [-0.25, -0.2) is 0 Å². The number of azide groups is 1. The molecule has 0 aliphatic carbocycles.